The minimum Gasteiger partial charge on any atom is -0.451 e. The van der Waals surface area contributed by atoms with Crippen LogP contribution in [0.3, 0.4) is 0 Å². The van der Waals surface area contributed by atoms with Crippen molar-refractivity contribution in [2.75, 3.05) is 7.11 Å². The first-order valence-corrected chi connectivity index (χ1v) is 7.23. The third-order valence-electron chi connectivity index (χ3n) is 3.20. The molecule has 1 atom stereocenters. The molecule has 1 unspecified atom stereocenters. The Labute approximate surface area is 145 Å². The minimum atomic E-state index is -2.26. The Hall–Kier alpha value is -1.61. The first-order valence-electron chi connectivity index (χ1n) is 6.10. The number of amides is 1. The van der Waals surface area contributed by atoms with Crippen LogP contribution >= 0.6 is 34.8 Å². The largest absolute Gasteiger partial charge is 0.451 e. The second-order valence-corrected chi connectivity index (χ2v) is 6.90. The van der Waals surface area contributed by atoms with Gasteiger partial charge in [0.05, 0.1) is 17.7 Å². The van der Waals surface area contributed by atoms with Crippen molar-refractivity contribution in [2.24, 2.45) is 5.10 Å². The van der Waals surface area contributed by atoms with E-state index >= 15 is 0 Å². The number of alkyl halides is 3. The molecule has 23 heavy (non-hydrogen) atoms. The second-order valence-electron chi connectivity index (χ2n) is 4.62. The number of methoxy groups -OCH3 is 1. The number of hydrogen-bond donors (Lipinski definition) is 1. The highest BCUT2D eigenvalue weighted by molar-refractivity contribution is 6.68. The summed E-state index contributed by atoms with van der Waals surface area (Å²) in [6.45, 7) is 0. The van der Waals surface area contributed by atoms with E-state index in [1.165, 1.54) is 24.3 Å². The van der Waals surface area contributed by atoms with Crippen LogP contribution in [0.5, 0.6) is 0 Å². The predicted molar refractivity (Wildman–Crippen MR) is 83.7 cm³/mol. The average Bonchev–Trinajstić information content (AvgIpc) is 2.85. The van der Waals surface area contributed by atoms with Gasteiger partial charge in [-0.1, -0.05) is 34.8 Å². The summed E-state index contributed by atoms with van der Waals surface area (Å²) >= 11 is 17.3. The number of rotatable bonds is 2. The molecular weight excluding hydrogens is 373 g/mol. The molecule has 8 nitrogen and oxygen atoms in total. The normalized spacial score (nSPS) is 21.1. The molecule has 1 aliphatic heterocycles. The Morgan fingerprint density at radius 1 is 1.43 bits per heavy atom. The number of hydrazone groups is 1. The lowest BCUT2D eigenvalue weighted by molar-refractivity contribution is -0.384. The number of hydrogen-bond acceptors (Lipinski definition) is 6. The number of carbonyl (C=O) groups is 1. The van der Waals surface area contributed by atoms with Crippen LogP contribution < -0.4 is 0 Å². The number of halogens is 3. The first kappa shape index (κ1) is 17.7. The first-order chi connectivity index (χ1) is 10.6. The summed E-state index contributed by atoms with van der Waals surface area (Å²) in [6, 6.07) is 5.34. The number of aliphatic hydroxyl groups is 1. The standard InChI is InChI=1S/C12H10Cl3N3O5/c1-23-10(19)17-11(20,12(13,14)15)6-9(16-17)7-2-4-8(5-3-7)18(21)22/h2-5,20H,6H2,1H3. The van der Waals surface area contributed by atoms with Gasteiger partial charge in [0.2, 0.25) is 9.52 Å². The van der Waals surface area contributed by atoms with Crippen LogP contribution in [0.4, 0.5) is 10.5 Å². The van der Waals surface area contributed by atoms with Gasteiger partial charge in [-0.3, -0.25) is 10.1 Å². The maximum atomic E-state index is 11.8. The Morgan fingerprint density at radius 3 is 2.43 bits per heavy atom. The van der Waals surface area contributed by atoms with Crippen molar-refractivity contribution in [1.29, 1.82) is 0 Å². The van der Waals surface area contributed by atoms with Crippen molar-refractivity contribution in [2.45, 2.75) is 15.9 Å². The van der Waals surface area contributed by atoms with Gasteiger partial charge in [0, 0.05) is 18.6 Å². The molecule has 124 valence electrons. The summed E-state index contributed by atoms with van der Waals surface area (Å²) < 4.78 is 2.26. The molecule has 2 rings (SSSR count). The third-order valence-corrected chi connectivity index (χ3v) is 4.11. The number of ether oxygens (including phenoxy) is 1. The van der Waals surface area contributed by atoms with Crippen molar-refractivity contribution >= 4 is 52.3 Å². The van der Waals surface area contributed by atoms with Crippen molar-refractivity contribution < 1.29 is 19.6 Å². The molecule has 0 aromatic heterocycles. The van der Waals surface area contributed by atoms with Crippen molar-refractivity contribution in [3.63, 3.8) is 0 Å². The number of nitro groups is 1. The van der Waals surface area contributed by atoms with Crippen molar-refractivity contribution in [3.05, 3.63) is 39.9 Å². The maximum Gasteiger partial charge on any atom is 0.432 e. The topological polar surface area (TPSA) is 105 Å². The third kappa shape index (κ3) is 3.20. The quantitative estimate of drug-likeness (QED) is 0.481. The van der Waals surface area contributed by atoms with Crippen LogP contribution in [-0.2, 0) is 4.74 Å². The van der Waals surface area contributed by atoms with Crippen LogP contribution in [0.25, 0.3) is 0 Å². The van der Waals surface area contributed by atoms with Gasteiger partial charge < -0.3 is 9.84 Å². The molecule has 1 aromatic carbocycles. The molecule has 0 spiro atoms. The average molecular weight is 383 g/mol. The molecule has 0 aliphatic carbocycles. The van der Waals surface area contributed by atoms with E-state index < -0.39 is 20.5 Å². The molecule has 1 N–H and O–H groups in total. The Morgan fingerprint density at radius 2 is 2.00 bits per heavy atom. The second kappa shape index (κ2) is 6.12. The van der Waals surface area contributed by atoms with Crippen LogP contribution in [0.2, 0.25) is 0 Å². The van der Waals surface area contributed by atoms with Gasteiger partial charge in [0.1, 0.15) is 0 Å². The van der Waals surface area contributed by atoms with Crippen LogP contribution in [0.1, 0.15) is 12.0 Å². The summed E-state index contributed by atoms with van der Waals surface area (Å²) in [6.07, 6.45) is -1.31. The zero-order valence-electron chi connectivity index (χ0n) is 11.6. The van der Waals surface area contributed by atoms with E-state index in [0.717, 1.165) is 7.11 Å². The van der Waals surface area contributed by atoms with E-state index in [9.17, 15) is 20.0 Å². The molecule has 0 radical (unpaired) electrons. The van der Waals surface area contributed by atoms with E-state index in [1.807, 2.05) is 0 Å². The SMILES string of the molecule is COC(=O)N1N=C(c2ccc([N+](=O)[O-])cc2)CC1(O)C(Cl)(Cl)Cl. The molecule has 1 amide bonds. The molecule has 0 bridgehead atoms. The van der Waals surface area contributed by atoms with Crippen molar-refractivity contribution in [3.8, 4) is 0 Å². The van der Waals surface area contributed by atoms with Crippen LogP contribution in [0, 0.1) is 10.1 Å². The lowest BCUT2D eigenvalue weighted by Crippen LogP contribution is -2.55. The summed E-state index contributed by atoms with van der Waals surface area (Å²) in [4.78, 5) is 21.9. The number of carbonyl (C=O) groups excluding carboxylic acids is 1. The van der Waals surface area contributed by atoms with Gasteiger partial charge in [-0.15, -0.1) is 0 Å². The zero-order chi connectivity index (χ0) is 17.4. The lowest BCUT2D eigenvalue weighted by atomic mass is 10.0. The molecule has 0 saturated heterocycles. The van der Waals surface area contributed by atoms with Crippen LogP contribution in [0.15, 0.2) is 29.4 Å². The van der Waals surface area contributed by atoms with E-state index in [2.05, 4.69) is 9.84 Å². The van der Waals surface area contributed by atoms with Gasteiger partial charge in [-0.25, -0.2) is 4.79 Å². The summed E-state index contributed by atoms with van der Waals surface area (Å²) in [5.41, 5.74) is -1.73. The van der Waals surface area contributed by atoms with E-state index in [0.29, 0.717) is 10.6 Å². The summed E-state index contributed by atoms with van der Waals surface area (Å²) in [5, 5.41) is 25.7. The molecule has 1 heterocycles. The van der Waals surface area contributed by atoms with Gasteiger partial charge in [0.15, 0.2) is 0 Å². The van der Waals surface area contributed by atoms with Gasteiger partial charge in [-0.05, 0) is 17.7 Å². The van der Waals surface area contributed by atoms with Crippen LogP contribution in [-0.4, -0.2) is 43.5 Å². The highest BCUT2D eigenvalue weighted by Gasteiger charge is 2.58. The Bertz CT molecular complexity index is 674. The lowest BCUT2D eigenvalue weighted by Gasteiger charge is -2.35. The number of nitro benzene ring substituents is 1. The summed E-state index contributed by atoms with van der Waals surface area (Å²) in [7, 11) is 1.08. The van der Waals surface area contributed by atoms with E-state index in [4.69, 9.17) is 34.8 Å². The van der Waals surface area contributed by atoms with Gasteiger partial charge in [0.25, 0.3) is 5.69 Å². The highest BCUT2D eigenvalue weighted by atomic mass is 35.6. The minimum absolute atomic E-state index is 0.117. The molecule has 1 aliphatic rings. The van der Waals surface area contributed by atoms with E-state index in [1.54, 1.807) is 0 Å². The number of benzene rings is 1. The van der Waals surface area contributed by atoms with Crippen molar-refractivity contribution in [1.82, 2.24) is 5.01 Å². The Balaban J connectivity index is 2.41. The van der Waals surface area contributed by atoms with Gasteiger partial charge in [-0.2, -0.15) is 10.1 Å². The Kier molecular flexibility index (Phi) is 4.72. The van der Waals surface area contributed by atoms with Gasteiger partial charge >= 0.3 is 6.09 Å². The predicted octanol–water partition coefficient (Wildman–Crippen LogP) is 2.83. The molecule has 11 heteroatoms. The molecule has 0 saturated carbocycles. The molecule has 1 aromatic rings. The fraction of sp³-hybridized carbons (Fsp3) is 0.333. The fourth-order valence-electron chi connectivity index (χ4n) is 1.98. The number of nitrogens with zero attached hydrogens (tertiary/aromatic N) is 3. The summed E-state index contributed by atoms with van der Waals surface area (Å²) in [5.74, 6) is 0. The maximum absolute atomic E-state index is 11.8. The highest BCUT2D eigenvalue weighted by Crippen LogP contribution is 2.46. The molecule has 0 fully saturated rings. The van der Waals surface area contributed by atoms with E-state index in [-0.39, 0.29) is 17.8 Å². The monoisotopic (exact) mass is 381 g/mol. The molecular formula is C12H10Cl3N3O5. The zero-order valence-corrected chi connectivity index (χ0v) is 13.8. The fourth-order valence-corrected chi connectivity index (χ4v) is 2.42. The smallest absolute Gasteiger partial charge is 0.432 e. The number of non-ortho nitro benzene ring substituents is 1.